The molecule has 2 N–H and O–H groups in total. The normalized spacial score (nSPS) is 12.7. The number of fused-ring (bicyclic) bond motifs is 2. The lowest BCUT2D eigenvalue weighted by atomic mass is 9.97. The number of aryl methyl sites for hydroxylation is 1. The van der Waals surface area contributed by atoms with Gasteiger partial charge in [-0.25, -0.2) is 14.4 Å². The number of carbonyl (C=O) groups is 1. The van der Waals surface area contributed by atoms with E-state index >= 15 is 0 Å². The summed E-state index contributed by atoms with van der Waals surface area (Å²) in [6, 6.07) is 16.7. The van der Waals surface area contributed by atoms with E-state index in [1.54, 1.807) is 17.0 Å². The maximum Gasteiger partial charge on any atom is 0.273 e. The van der Waals surface area contributed by atoms with Crippen molar-refractivity contribution < 1.29 is 9.18 Å². The van der Waals surface area contributed by atoms with Crippen LogP contribution in [0.3, 0.4) is 0 Å². The van der Waals surface area contributed by atoms with Gasteiger partial charge in [-0.15, -0.1) is 0 Å². The van der Waals surface area contributed by atoms with Gasteiger partial charge in [0.15, 0.2) is 0 Å². The molecule has 0 radical (unpaired) electrons. The van der Waals surface area contributed by atoms with Crippen molar-refractivity contribution in [2.75, 3.05) is 23.7 Å². The van der Waals surface area contributed by atoms with Gasteiger partial charge in [-0.05, 0) is 67.3 Å². The average Bonchev–Trinajstić information content (AvgIpc) is 3.29. The van der Waals surface area contributed by atoms with Crippen molar-refractivity contribution in [1.82, 2.24) is 14.9 Å². The molecule has 178 valence electrons. The molecule has 2 heterocycles. The molecule has 1 aromatic heterocycles. The highest BCUT2D eigenvalue weighted by atomic mass is 19.1. The zero-order valence-electron chi connectivity index (χ0n) is 20.2. The Morgan fingerprint density at radius 2 is 1.71 bits per heavy atom. The van der Waals surface area contributed by atoms with Crippen LogP contribution in [0, 0.1) is 12.7 Å². The Kier molecular flexibility index (Phi) is 5.84. The molecule has 35 heavy (non-hydrogen) atoms. The smallest absolute Gasteiger partial charge is 0.273 e. The van der Waals surface area contributed by atoms with Crippen LogP contribution >= 0.6 is 0 Å². The third kappa shape index (κ3) is 4.07. The fourth-order valence-corrected chi connectivity index (χ4v) is 5.02. The second kappa shape index (κ2) is 8.98. The number of hydrogen-bond donors (Lipinski definition) is 1. The molecule has 0 fully saturated rings. The first-order chi connectivity index (χ1) is 16.9. The van der Waals surface area contributed by atoms with Gasteiger partial charge in [0.2, 0.25) is 5.95 Å². The Morgan fingerprint density at radius 1 is 1.03 bits per heavy atom. The van der Waals surface area contributed by atoms with Crippen molar-refractivity contribution in [1.29, 1.82) is 0 Å². The van der Waals surface area contributed by atoms with E-state index in [4.69, 9.17) is 5.73 Å². The molecular weight excluding hydrogens is 441 g/mol. The molecule has 0 spiro atoms. The van der Waals surface area contributed by atoms with Crippen molar-refractivity contribution in [3.05, 3.63) is 82.8 Å². The fourth-order valence-electron chi connectivity index (χ4n) is 5.02. The van der Waals surface area contributed by atoms with E-state index in [1.165, 1.54) is 0 Å². The van der Waals surface area contributed by atoms with Gasteiger partial charge in [0.1, 0.15) is 11.5 Å². The highest BCUT2D eigenvalue weighted by molar-refractivity contribution is 6.06. The van der Waals surface area contributed by atoms with Crippen LogP contribution in [-0.4, -0.2) is 33.9 Å². The van der Waals surface area contributed by atoms with Crippen LogP contribution in [0.2, 0.25) is 0 Å². The van der Waals surface area contributed by atoms with Gasteiger partial charge >= 0.3 is 0 Å². The van der Waals surface area contributed by atoms with Crippen molar-refractivity contribution in [3.8, 4) is 11.1 Å². The number of rotatable bonds is 5. The molecule has 1 aliphatic heterocycles. The van der Waals surface area contributed by atoms with Crippen molar-refractivity contribution in [2.45, 2.75) is 33.9 Å². The summed E-state index contributed by atoms with van der Waals surface area (Å²) in [5, 5.41) is 0.602. The summed E-state index contributed by atoms with van der Waals surface area (Å²) < 4.78 is 14.6. The molecule has 0 unspecified atom stereocenters. The van der Waals surface area contributed by atoms with Crippen molar-refractivity contribution >= 4 is 28.4 Å². The van der Waals surface area contributed by atoms with E-state index in [0.29, 0.717) is 24.0 Å². The summed E-state index contributed by atoms with van der Waals surface area (Å²) in [6.07, 6.45) is 0. The monoisotopic (exact) mass is 469 g/mol. The fraction of sp³-hybridized carbons (Fsp3) is 0.250. The Labute approximate surface area is 204 Å². The summed E-state index contributed by atoms with van der Waals surface area (Å²) >= 11 is 0. The third-order valence-electron chi connectivity index (χ3n) is 6.70. The minimum atomic E-state index is -0.298. The molecule has 7 heteroatoms. The van der Waals surface area contributed by atoms with Gasteiger partial charge < -0.3 is 15.5 Å². The van der Waals surface area contributed by atoms with Gasteiger partial charge in [-0.2, -0.15) is 0 Å². The van der Waals surface area contributed by atoms with Crippen molar-refractivity contribution in [3.63, 3.8) is 0 Å². The zero-order chi connectivity index (χ0) is 24.7. The summed E-state index contributed by atoms with van der Waals surface area (Å²) in [5.74, 6) is -0.444. The first-order valence-electron chi connectivity index (χ1n) is 11.9. The number of benzene rings is 3. The number of amides is 1. The predicted octanol–water partition coefficient (Wildman–Crippen LogP) is 5.33. The lowest BCUT2D eigenvalue weighted by molar-refractivity contribution is 0.0747. The number of nitrogen functional groups attached to an aromatic ring is 1. The molecule has 5 rings (SSSR count). The Hall–Kier alpha value is -4.00. The van der Waals surface area contributed by atoms with E-state index in [0.717, 1.165) is 46.6 Å². The molecule has 0 bridgehead atoms. The van der Waals surface area contributed by atoms with Crippen LogP contribution in [0.1, 0.15) is 41.0 Å². The Bertz CT molecular complexity index is 1420. The highest BCUT2D eigenvalue weighted by Crippen LogP contribution is 2.37. The number of nitrogens with two attached hydrogens (primary N) is 1. The molecule has 1 aliphatic rings. The lowest BCUT2D eigenvalue weighted by Gasteiger charge is -2.26. The van der Waals surface area contributed by atoms with Crippen molar-refractivity contribution in [2.24, 2.45) is 0 Å². The quantitative estimate of drug-likeness (QED) is 0.428. The highest BCUT2D eigenvalue weighted by Gasteiger charge is 2.27. The second-order valence-electron chi connectivity index (χ2n) is 8.88. The van der Waals surface area contributed by atoms with Gasteiger partial charge in [-0.3, -0.25) is 4.79 Å². The number of nitrogens with zero attached hydrogens (tertiary/aromatic N) is 4. The first-order valence-corrected chi connectivity index (χ1v) is 11.9. The molecular formula is C28H28FN5O. The van der Waals surface area contributed by atoms with Crippen LogP contribution < -0.4 is 10.6 Å². The van der Waals surface area contributed by atoms with E-state index in [1.807, 2.05) is 49.4 Å². The third-order valence-corrected chi connectivity index (χ3v) is 6.70. The standard InChI is InChI=1S/C28H28FN5O/c1-4-33(5-2)26-17(3)12-21(29)14-22(26)18-10-11-24-23(13-18)25(32-28(30)31-24)27(35)34-15-19-8-6-7-9-20(19)16-34/h6-14H,4-5,15-16H2,1-3H3,(H2,30,31,32). The van der Waals surface area contributed by atoms with Crippen LogP contribution in [0.4, 0.5) is 16.0 Å². The Morgan fingerprint density at radius 3 is 2.37 bits per heavy atom. The predicted molar refractivity (Wildman–Crippen MR) is 138 cm³/mol. The summed E-state index contributed by atoms with van der Waals surface area (Å²) in [7, 11) is 0. The lowest BCUT2D eigenvalue weighted by Crippen LogP contribution is -2.27. The Balaban J connectivity index is 1.64. The van der Waals surface area contributed by atoms with Crippen LogP contribution in [0.5, 0.6) is 0 Å². The van der Waals surface area contributed by atoms with Crippen LogP contribution in [0.25, 0.3) is 22.0 Å². The number of hydrogen-bond acceptors (Lipinski definition) is 5. The van der Waals surface area contributed by atoms with E-state index in [9.17, 15) is 9.18 Å². The zero-order valence-corrected chi connectivity index (χ0v) is 20.2. The molecule has 0 saturated heterocycles. The van der Waals surface area contributed by atoms with Gasteiger partial charge in [0.25, 0.3) is 5.91 Å². The van der Waals surface area contributed by atoms with Crippen LogP contribution in [0.15, 0.2) is 54.6 Å². The topological polar surface area (TPSA) is 75.4 Å². The minimum Gasteiger partial charge on any atom is -0.371 e. The molecule has 0 saturated carbocycles. The largest absolute Gasteiger partial charge is 0.371 e. The summed E-state index contributed by atoms with van der Waals surface area (Å²) in [5.41, 5.74) is 12.5. The van der Waals surface area contributed by atoms with Crippen LogP contribution in [-0.2, 0) is 13.1 Å². The van der Waals surface area contributed by atoms with Gasteiger partial charge in [-0.1, -0.05) is 30.3 Å². The number of anilines is 2. The number of aromatic nitrogens is 2. The molecule has 1 amide bonds. The van der Waals surface area contributed by atoms with Gasteiger partial charge in [0.05, 0.1) is 5.52 Å². The molecule has 4 aromatic rings. The maximum atomic E-state index is 14.6. The number of carbonyl (C=O) groups excluding carboxylic acids is 1. The maximum absolute atomic E-state index is 14.6. The summed E-state index contributed by atoms with van der Waals surface area (Å²) in [4.78, 5) is 26.3. The molecule has 0 aliphatic carbocycles. The van der Waals surface area contributed by atoms with E-state index < -0.39 is 0 Å². The summed E-state index contributed by atoms with van der Waals surface area (Å²) in [6.45, 7) is 8.72. The number of halogens is 1. The SMILES string of the molecule is CCN(CC)c1c(C)cc(F)cc1-c1ccc2nc(N)nc(C(=O)N3Cc4ccccc4C3)c2c1. The molecule has 3 aromatic carbocycles. The average molecular weight is 470 g/mol. The van der Waals surface area contributed by atoms with Gasteiger partial charge in [0, 0.05) is 42.8 Å². The molecule has 0 atom stereocenters. The van der Waals surface area contributed by atoms with E-state index in [-0.39, 0.29) is 23.4 Å². The van der Waals surface area contributed by atoms with E-state index in [2.05, 4.69) is 28.7 Å². The first kappa shape index (κ1) is 22.8. The minimum absolute atomic E-state index is 0.0516. The second-order valence-corrected chi connectivity index (χ2v) is 8.88. The molecule has 6 nitrogen and oxygen atoms in total.